The molecule has 0 saturated heterocycles. The van der Waals surface area contributed by atoms with Crippen molar-refractivity contribution in [1.29, 1.82) is 0 Å². The monoisotopic (exact) mass is 288 g/mol. The van der Waals surface area contributed by atoms with E-state index in [0.717, 1.165) is 6.54 Å². The average Bonchev–Trinajstić information content (AvgIpc) is 2.94. The molecule has 0 heterocycles. The minimum atomic E-state index is 0.275. The van der Waals surface area contributed by atoms with Crippen molar-refractivity contribution in [2.45, 2.75) is 64.5 Å². The fourth-order valence-electron chi connectivity index (χ4n) is 3.83. The largest absolute Gasteiger partial charge is 0.308 e. The maximum atomic E-state index is 3.85. The van der Waals surface area contributed by atoms with E-state index in [1.165, 1.54) is 48.8 Å². The van der Waals surface area contributed by atoms with Gasteiger partial charge >= 0.3 is 0 Å². The van der Waals surface area contributed by atoms with Gasteiger partial charge in [-0.1, -0.05) is 38.0 Å². The predicted molar refractivity (Wildman–Crippen MR) is 91.8 cm³/mol. The van der Waals surface area contributed by atoms with Crippen molar-refractivity contribution in [3.05, 3.63) is 34.9 Å². The molecule has 1 aromatic carbocycles. The third kappa shape index (κ3) is 3.32. The van der Waals surface area contributed by atoms with Gasteiger partial charge in [-0.3, -0.25) is 0 Å². The number of aryl methyl sites for hydroxylation is 2. The van der Waals surface area contributed by atoms with Gasteiger partial charge in [-0.25, -0.2) is 0 Å². The van der Waals surface area contributed by atoms with Gasteiger partial charge < -0.3 is 10.2 Å². The van der Waals surface area contributed by atoms with E-state index in [9.17, 15) is 0 Å². The first kappa shape index (κ1) is 16.5. The minimum absolute atomic E-state index is 0.275. The average molecular weight is 288 g/mol. The molecular formula is C19H32N2. The van der Waals surface area contributed by atoms with Gasteiger partial charge in [0, 0.05) is 5.54 Å². The number of likely N-dealkylation sites (N-methyl/N-ethyl adjacent to an activating group) is 1. The zero-order chi connectivity index (χ0) is 15.5. The van der Waals surface area contributed by atoms with E-state index in [0.29, 0.717) is 6.04 Å². The lowest BCUT2D eigenvalue weighted by Gasteiger charge is -2.44. The summed E-state index contributed by atoms with van der Waals surface area (Å²) < 4.78 is 0. The first-order valence-corrected chi connectivity index (χ1v) is 8.49. The number of nitrogens with one attached hydrogen (secondary N) is 1. The van der Waals surface area contributed by atoms with Crippen molar-refractivity contribution >= 4 is 0 Å². The Balaban J connectivity index is 2.38. The molecule has 0 spiro atoms. The Morgan fingerprint density at radius 2 is 1.81 bits per heavy atom. The molecule has 1 aliphatic rings. The van der Waals surface area contributed by atoms with Gasteiger partial charge in [-0.05, 0) is 70.4 Å². The van der Waals surface area contributed by atoms with Crippen molar-refractivity contribution in [3.8, 4) is 0 Å². The summed E-state index contributed by atoms with van der Waals surface area (Å²) in [7, 11) is 4.51. The number of benzene rings is 1. The van der Waals surface area contributed by atoms with Gasteiger partial charge in [0.15, 0.2) is 0 Å². The highest BCUT2D eigenvalue weighted by atomic mass is 15.2. The third-order valence-electron chi connectivity index (χ3n) is 5.36. The smallest absolute Gasteiger partial charge is 0.0507 e. The molecule has 118 valence electrons. The number of nitrogens with zero attached hydrogens (tertiary/aromatic N) is 1. The third-order valence-corrected chi connectivity index (χ3v) is 5.36. The van der Waals surface area contributed by atoms with Crippen LogP contribution in [0.2, 0.25) is 0 Å². The van der Waals surface area contributed by atoms with Gasteiger partial charge in [0.05, 0.1) is 6.04 Å². The Kier molecular flexibility index (Phi) is 5.45. The van der Waals surface area contributed by atoms with Crippen molar-refractivity contribution in [2.75, 3.05) is 20.6 Å². The molecule has 1 atom stereocenters. The molecule has 0 aromatic heterocycles. The van der Waals surface area contributed by atoms with Crippen LogP contribution in [0.1, 0.15) is 61.8 Å². The Morgan fingerprint density at radius 1 is 1.14 bits per heavy atom. The molecule has 1 N–H and O–H groups in total. The zero-order valence-corrected chi connectivity index (χ0v) is 14.5. The van der Waals surface area contributed by atoms with E-state index in [1.807, 2.05) is 0 Å². The Bertz CT molecular complexity index is 459. The standard InChI is InChI=1S/C19H32N2/c1-6-13-20-18(17-10-9-15(2)16(3)14-17)19(21(4)5)11-7-8-12-19/h9-10,14,18,20H,6-8,11-13H2,1-5H3. The quantitative estimate of drug-likeness (QED) is 0.843. The van der Waals surface area contributed by atoms with Gasteiger partial charge in [-0.15, -0.1) is 0 Å². The number of rotatable bonds is 6. The van der Waals surface area contributed by atoms with Crippen LogP contribution in [0.25, 0.3) is 0 Å². The summed E-state index contributed by atoms with van der Waals surface area (Å²) in [5, 5.41) is 3.85. The lowest BCUT2D eigenvalue weighted by molar-refractivity contribution is 0.104. The van der Waals surface area contributed by atoms with Gasteiger partial charge in [-0.2, -0.15) is 0 Å². The van der Waals surface area contributed by atoms with Crippen LogP contribution in [0.3, 0.4) is 0 Å². The molecule has 1 fully saturated rings. The second-order valence-corrected chi connectivity index (χ2v) is 6.94. The second kappa shape index (κ2) is 6.93. The normalized spacial score (nSPS) is 19.1. The van der Waals surface area contributed by atoms with Crippen molar-refractivity contribution in [3.63, 3.8) is 0 Å². The maximum absolute atomic E-state index is 3.85. The first-order valence-electron chi connectivity index (χ1n) is 8.49. The van der Waals surface area contributed by atoms with Gasteiger partial charge in [0.25, 0.3) is 0 Å². The maximum Gasteiger partial charge on any atom is 0.0507 e. The number of hydrogen-bond acceptors (Lipinski definition) is 2. The van der Waals surface area contributed by atoms with Crippen LogP contribution in [0, 0.1) is 13.8 Å². The molecular weight excluding hydrogens is 256 g/mol. The molecule has 2 heteroatoms. The molecule has 1 aromatic rings. The SMILES string of the molecule is CCCNC(c1ccc(C)c(C)c1)C1(N(C)C)CCCC1. The van der Waals surface area contributed by atoms with E-state index in [1.54, 1.807) is 0 Å². The van der Waals surface area contributed by atoms with Crippen LogP contribution in [0.15, 0.2) is 18.2 Å². The summed E-state index contributed by atoms with van der Waals surface area (Å²) in [5.41, 5.74) is 4.53. The zero-order valence-electron chi connectivity index (χ0n) is 14.5. The molecule has 1 unspecified atom stereocenters. The van der Waals surface area contributed by atoms with Crippen LogP contribution in [-0.4, -0.2) is 31.1 Å². The molecule has 0 amide bonds. The lowest BCUT2D eigenvalue weighted by Crippen LogP contribution is -2.52. The van der Waals surface area contributed by atoms with E-state index < -0.39 is 0 Å². The van der Waals surface area contributed by atoms with Gasteiger partial charge in [0.2, 0.25) is 0 Å². The molecule has 2 nitrogen and oxygen atoms in total. The van der Waals surface area contributed by atoms with E-state index in [4.69, 9.17) is 0 Å². The summed E-state index contributed by atoms with van der Waals surface area (Å²) in [6, 6.07) is 7.45. The summed E-state index contributed by atoms with van der Waals surface area (Å²) >= 11 is 0. The van der Waals surface area contributed by atoms with Crippen LogP contribution in [-0.2, 0) is 0 Å². The van der Waals surface area contributed by atoms with Crippen LogP contribution in [0.4, 0.5) is 0 Å². The van der Waals surface area contributed by atoms with Crippen molar-refractivity contribution in [2.24, 2.45) is 0 Å². The lowest BCUT2D eigenvalue weighted by atomic mass is 9.81. The summed E-state index contributed by atoms with van der Waals surface area (Å²) in [4.78, 5) is 2.47. The summed E-state index contributed by atoms with van der Waals surface area (Å²) in [6.07, 6.45) is 6.49. The predicted octanol–water partition coefficient (Wildman–Crippen LogP) is 4.22. The van der Waals surface area contributed by atoms with Crippen molar-refractivity contribution in [1.82, 2.24) is 10.2 Å². The topological polar surface area (TPSA) is 15.3 Å². The van der Waals surface area contributed by atoms with E-state index in [-0.39, 0.29) is 5.54 Å². The summed E-state index contributed by atoms with van der Waals surface area (Å²) in [6.45, 7) is 7.77. The fraction of sp³-hybridized carbons (Fsp3) is 0.684. The molecule has 0 aliphatic heterocycles. The highest BCUT2D eigenvalue weighted by molar-refractivity contribution is 5.34. The Hall–Kier alpha value is -0.860. The molecule has 2 rings (SSSR count). The molecule has 21 heavy (non-hydrogen) atoms. The minimum Gasteiger partial charge on any atom is -0.308 e. The Morgan fingerprint density at radius 3 is 2.33 bits per heavy atom. The fourth-order valence-corrected chi connectivity index (χ4v) is 3.83. The molecule has 0 radical (unpaired) electrons. The molecule has 1 saturated carbocycles. The molecule has 0 bridgehead atoms. The van der Waals surface area contributed by atoms with Crippen LogP contribution in [0.5, 0.6) is 0 Å². The Labute approximate surface area is 130 Å². The van der Waals surface area contributed by atoms with Crippen LogP contribution < -0.4 is 5.32 Å². The number of hydrogen-bond donors (Lipinski definition) is 1. The summed E-state index contributed by atoms with van der Waals surface area (Å²) in [5.74, 6) is 0. The molecule has 1 aliphatic carbocycles. The van der Waals surface area contributed by atoms with Crippen molar-refractivity contribution < 1.29 is 0 Å². The first-order chi connectivity index (χ1) is 10.0. The van der Waals surface area contributed by atoms with E-state index in [2.05, 4.69) is 63.3 Å². The highest BCUT2D eigenvalue weighted by Crippen LogP contribution is 2.43. The highest BCUT2D eigenvalue weighted by Gasteiger charge is 2.43. The van der Waals surface area contributed by atoms with Crippen LogP contribution >= 0.6 is 0 Å². The second-order valence-electron chi connectivity index (χ2n) is 6.94. The van der Waals surface area contributed by atoms with Gasteiger partial charge in [0.1, 0.15) is 0 Å². The van der Waals surface area contributed by atoms with E-state index >= 15 is 0 Å².